The lowest BCUT2D eigenvalue weighted by Crippen LogP contribution is -2.08. The van der Waals surface area contributed by atoms with Crippen LogP contribution in [-0.4, -0.2) is 26.1 Å². The number of hydrogen-bond donors (Lipinski definition) is 1. The predicted octanol–water partition coefficient (Wildman–Crippen LogP) is 2.77. The largest absolute Gasteiger partial charge is 0.368 e. The SMILES string of the molecule is CCNc1ncn(CC)c2nc(C(C)C)nc1-2.Cl. The molecule has 0 amide bonds. The quantitative estimate of drug-likeness (QED) is 0.927. The van der Waals surface area contributed by atoms with Gasteiger partial charge in [0.25, 0.3) is 0 Å². The van der Waals surface area contributed by atoms with E-state index >= 15 is 0 Å². The van der Waals surface area contributed by atoms with E-state index in [2.05, 4.69) is 41.0 Å². The molecule has 2 aliphatic heterocycles. The van der Waals surface area contributed by atoms with Gasteiger partial charge in [-0.05, 0) is 13.8 Å². The third-order valence-corrected chi connectivity index (χ3v) is 2.68. The zero-order chi connectivity index (χ0) is 12.4. The molecule has 2 heterocycles. The summed E-state index contributed by atoms with van der Waals surface area (Å²) in [6, 6.07) is 0. The van der Waals surface area contributed by atoms with Crippen molar-refractivity contribution in [2.45, 2.75) is 40.2 Å². The minimum atomic E-state index is 0. The van der Waals surface area contributed by atoms with Crippen LogP contribution in [0.1, 0.15) is 39.4 Å². The number of imidazole rings is 1. The highest BCUT2D eigenvalue weighted by molar-refractivity contribution is 5.85. The van der Waals surface area contributed by atoms with Crippen LogP contribution in [0.2, 0.25) is 0 Å². The average Bonchev–Trinajstić information content (AvgIpc) is 2.75. The van der Waals surface area contributed by atoms with E-state index in [4.69, 9.17) is 0 Å². The fourth-order valence-corrected chi connectivity index (χ4v) is 1.74. The van der Waals surface area contributed by atoms with Gasteiger partial charge in [0.15, 0.2) is 17.3 Å². The van der Waals surface area contributed by atoms with Crippen molar-refractivity contribution in [1.82, 2.24) is 19.5 Å². The molecule has 0 atom stereocenters. The number of aryl methyl sites for hydroxylation is 1. The number of aromatic nitrogens is 4. The van der Waals surface area contributed by atoms with Crippen LogP contribution in [-0.2, 0) is 6.54 Å². The van der Waals surface area contributed by atoms with Crippen LogP contribution in [0.3, 0.4) is 0 Å². The van der Waals surface area contributed by atoms with Crippen LogP contribution in [0.4, 0.5) is 5.82 Å². The molecule has 0 radical (unpaired) electrons. The molecule has 0 spiro atoms. The fraction of sp³-hybridized carbons (Fsp3) is 0.583. The standard InChI is InChI=1S/C12H19N5.ClH/c1-5-13-11-9-12(17(6-2)7-14-11)16-10(15-9)8(3)4;/h7-8,13H,5-6H2,1-4H3;1H. The van der Waals surface area contributed by atoms with Crippen molar-refractivity contribution in [2.75, 3.05) is 11.9 Å². The van der Waals surface area contributed by atoms with Gasteiger partial charge in [0.05, 0.1) is 6.33 Å². The molecule has 5 nitrogen and oxygen atoms in total. The van der Waals surface area contributed by atoms with Gasteiger partial charge in [0.1, 0.15) is 5.82 Å². The second kappa shape index (κ2) is 6.00. The maximum Gasteiger partial charge on any atom is 0.165 e. The number of anilines is 1. The van der Waals surface area contributed by atoms with Gasteiger partial charge < -0.3 is 9.88 Å². The molecule has 0 unspecified atom stereocenters. The molecule has 0 aromatic carbocycles. The summed E-state index contributed by atoms with van der Waals surface area (Å²) in [4.78, 5) is 13.6. The first-order valence-corrected chi connectivity index (χ1v) is 6.14. The van der Waals surface area contributed by atoms with Gasteiger partial charge in [-0.1, -0.05) is 13.8 Å². The lowest BCUT2D eigenvalue weighted by Gasteiger charge is -2.11. The van der Waals surface area contributed by atoms with Crippen LogP contribution in [0, 0.1) is 0 Å². The Morgan fingerprint density at radius 3 is 2.56 bits per heavy atom. The van der Waals surface area contributed by atoms with E-state index in [9.17, 15) is 0 Å². The summed E-state index contributed by atoms with van der Waals surface area (Å²) in [6.45, 7) is 10.0. The van der Waals surface area contributed by atoms with E-state index in [0.29, 0.717) is 5.92 Å². The molecule has 2 rings (SSSR count). The molecule has 0 aromatic rings. The van der Waals surface area contributed by atoms with Crippen molar-refractivity contribution in [3.8, 4) is 11.5 Å². The molecule has 0 aliphatic carbocycles. The summed E-state index contributed by atoms with van der Waals surface area (Å²) in [6.07, 6.45) is 1.82. The summed E-state index contributed by atoms with van der Waals surface area (Å²) < 4.78 is 2.02. The van der Waals surface area contributed by atoms with Crippen LogP contribution >= 0.6 is 12.4 Å². The second-order valence-corrected chi connectivity index (χ2v) is 4.32. The van der Waals surface area contributed by atoms with Crippen LogP contribution in [0.5, 0.6) is 0 Å². The molecule has 6 heteroatoms. The normalized spacial score (nSPS) is 10.7. The Morgan fingerprint density at radius 1 is 1.28 bits per heavy atom. The van der Waals surface area contributed by atoms with Crippen molar-refractivity contribution in [3.05, 3.63) is 12.2 Å². The van der Waals surface area contributed by atoms with Crippen LogP contribution in [0.15, 0.2) is 6.33 Å². The van der Waals surface area contributed by atoms with E-state index in [1.165, 1.54) is 0 Å². The Balaban J connectivity index is 0.00000162. The first-order chi connectivity index (χ1) is 8.17. The Hall–Kier alpha value is -1.36. The molecule has 2 aliphatic rings. The first kappa shape index (κ1) is 14.7. The van der Waals surface area contributed by atoms with E-state index in [0.717, 1.165) is 36.3 Å². The fourth-order valence-electron chi connectivity index (χ4n) is 1.74. The van der Waals surface area contributed by atoms with Crippen molar-refractivity contribution in [2.24, 2.45) is 0 Å². The Kier molecular flexibility index (Phi) is 4.90. The molecule has 18 heavy (non-hydrogen) atoms. The minimum Gasteiger partial charge on any atom is -0.368 e. The lowest BCUT2D eigenvalue weighted by atomic mass is 10.2. The van der Waals surface area contributed by atoms with Crippen molar-refractivity contribution < 1.29 is 0 Å². The third kappa shape index (κ3) is 2.56. The average molecular weight is 270 g/mol. The summed E-state index contributed by atoms with van der Waals surface area (Å²) >= 11 is 0. The lowest BCUT2D eigenvalue weighted by molar-refractivity contribution is 0.725. The van der Waals surface area contributed by atoms with E-state index in [1.807, 2.05) is 17.8 Å². The highest BCUT2D eigenvalue weighted by atomic mass is 35.5. The van der Waals surface area contributed by atoms with Gasteiger partial charge in [0.2, 0.25) is 0 Å². The predicted molar refractivity (Wildman–Crippen MR) is 75.6 cm³/mol. The summed E-state index contributed by atoms with van der Waals surface area (Å²) in [5.41, 5.74) is 0.875. The summed E-state index contributed by atoms with van der Waals surface area (Å²) in [5.74, 6) is 2.96. The Morgan fingerprint density at radius 2 is 2.00 bits per heavy atom. The number of fused-ring (bicyclic) bond motifs is 1. The number of nitrogens with zero attached hydrogens (tertiary/aromatic N) is 4. The first-order valence-electron chi connectivity index (χ1n) is 6.14. The zero-order valence-corrected chi connectivity index (χ0v) is 12.1. The topological polar surface area (TPSA) is 55.6 Å². The van der Waals surface area contributed by atoms with Gasteiger partial charge >= 0.3 is 0 Å². The number of hydrogen-bond acceptors (Lipinski definition) is 4. The number of rotatable bonds is 4. The maximum atomic E-state index is 4.60. The third-order valence-electron chi connectivity index (χ3n) is 2.68. The highest BCUT2D eigenvalue weighted by Crippen LogP contribution is 2.27. The van der Waals surface area contributed by atoms with Gasteiger partial charge in [-0.3, -0.25) is 0 Å². The molecular weight excluding hydrogens is 250 g/mol. The van der Waals surface area contributed by atoms with Gasteiger partial charge in [0, 0.05) is 19.0 Å². The van der Waals surface area contributed by atoms with Crippen molar-refractivity contribution in [1.29, 1.82) is 0 Å². The highest BCUT2D eigenvalue weighted by Gasteiger charge is 2.20. The van der Waals surface area contributed by atoms with Crippen molar-refractivity contribution in [3.63, 3.8) is 0 Å². The molecule has 0 aromatic heterocycles. The molecule has 0 saturated carbocycles. The monoisotopic (exact) mass is 269 g/mol. The number of nitrogens with one attached hydrogen (secondary N) is 1. The molecule has 0 saturated heterocycles. The summed E-state index contributed by atoms with van der Waals surface area (Å²) in [5, 5.41) is 3.23. The van der Waals surface area contributed by atoms with Crippen molar-refractivity contribution >= 4 is 18.2 Å². The minimum absolute atomic E-state index is 0. The van der Waals surface area contributed by atoms with Gasteiger partial charge in [-0.15, -0.1) is 12.4 Å². The second-order valence-electron chi connectivity index (χ2n) is 4.32. The smallest absolute Gasteiger partial charge is 0.165 e. The zero-order valence-electron chi connectivity index (χ0n) is 11.3. The van der Waals surface area contributed by atoms with E-state index in [1.54, 1.807) is 0 Å². The molecule has 0 bridgehead atoms. The maximum absolute atomic E-state index is 4.60. The Bertz CT molecular complexity index is 480. The Labute approximate surface area is 114 Å². The van der Waals surface area contributed by atoms with Gasteiger partial charge in [-0.2, -0.15) is 0 Å². The molecule has 100 valence electrons. The molecule has 1 N–H and O–H groups in total. The van der Waals surface area contributed by atoms with Crippen LogP contribution < -0.4 is 5.32 Å². The van der Waals surface area contributed by atoms with E-state index in [-0.39, 0.29) is 12.4 Å². The number of halogens is 1. The summed E-state index contributed by atoms with van der Waals surface area (Å²) in [7, 11) is 0. The van der Waals surface area contributed by atoms with Crippen LogP contribution in [0.25, 0.3) is 11.5 Å². The molecular formula is C12H20ClN5. The van der Waals surface area contributed by atoms with E-state index < -0.39 is 0 Å². The molecule has 0 fully saturated rings. The van der Waals surface area contributed by atoms with Gasteiger partial charge in [-0.25, -0.2) is 15.0 Å².